The van der Waals surface area contributed by atoms with Crippen LogP contribution in [-0.4, -0.2) is 32.7 Å². The topological polar surface area (TPSA) is 79.7 Å². The standard InChI is InChI=1S/C13H16N2O4/c1-13(2,3)19-12(18)15-6-9-4-8(11(16)17)5-14-10(9)7-15/h4-5H,6-7H2,1-3H3,(H,16,17). The van der Waals surface area contributed by atoms with Crippen LogP contribution in [0.4, 0.5) is 4.79 Å². The van der Waals surface area contributed by atoms with Crippen molar-refractivity contribution in [2.75, 3.05) is 0 Å². The van der Waals surface area contributed by atoms with Gasteiger partial charge in [0.15, 0.2) is 0 Å². The summed E-state index contributed by atoms with van der Waals surface area (Å²) in [5, 5.41) is 8.90. The molecule has 0 fully saturated rings. The molecule has 1 amide bonds. The Morgan fingerprint density at radius 3 is 2.63 bits per heavy atom. The Labute approximate surface area is 111 Å². The van der Waals surface area contributed by atoms with E-state index in [1.165, 1.54) is 11.1 Å². The Morgan fingerprint density at radius 1 is 1.37 bits per heavy atom. The molecule has 0 saturated heterocycles. The lowest BCUT2D eigenvalue weighted by Crippen LogP contribution is -2.33. The quantitative estimate of drug-likeness (QED) is 0.839. The largest absolute Gasteiger partial charge is 0.478 e. The fourth-order valence-electron chi connectivity index (χ4n) is 1.83. The van der Waals surface area contributed by atoms with Crippen LogP contribution in [0.3, 0.4) is 0 Å². The molecule has 6 heteroatoms. The molecule has 2 heterocycles. The summed E-state index contributed by atoms with van der Waals surface area (Å²) in [7, 11) is 0. The normalized spacial score (nSPS) is 14.2. The van der Waals surface area contributed by atoms with E-state index < -0.39 is 17.7 Å². The third-order valence-electron chi connectivity index (χ3n) is 2.66. The molecule has 0 saturated carbocycles. The van der Waals surface area contributed by atoms with Crippen molar-refractivity contribution in [2.24, 2.45) is 0 Å². The second-order valence-corrected chi connectivity index (χ2v) is 5.47. The average molecular weight is 264 g/mol. The molecule has 19 heavy (non-hydrogen) atoms. The third kappa shape index (κ3) is 3.01. The SMILES string of the molecule is CC(C)(C)OC(=O)N1Cc2cc(C(=O)O)cnc2C1. The zero-order valence-corrected chi connectivity index (χ0v) is 11.1. The van der Waals surface area contributed by atoms with Crippen LogP contribution in [0.1, 0.15) is 42.4 Å². The Kier molecular flexibility index (Phi) is 3.18. The van der Waals surface area contributed by atoms with Crippen molar-refractivity contribution in [3.63, 3.8) is 0 Å². The van der Waals surface area contributed by atoms with Crippen LogP contribution in [0.25, 0.3) is 0 Å². The van der Waals surface area contributed by atoms with Gasteiger partial charge >= 0.3 is 12.1 Å². The van der Waals surface area contributed by atoms with E-state index in [1.54, 1.807) is 26.8 Å². The number of aromatic nitrogens is 1. The second-order valence-electron chi connectivity index (χ2n) is 5.47. The zero-order chi connectivity index (χ0) is 14.2. The number of ether oxygens (including phenoxy) is 1. The molecule has 0 aromatic carbocycles. The van der Waals surface area contributed by atoms with E-state index in [9.17, 15) is 9.59 Å². The first-order valence-electron chi connectivity index (χ1n) is 5.95. The summed E-state index contributed by atoms with van der Waals surface area (Å²) in [4.78, 5) is 28.4. The van der Waals surface area contributed by atoms with Gasteiger partial charge in [-0.05, 0) is 32.4 Å². The Hall–Kier alpha value is -2.11. The highest BCUT2D eigenvalue weighted by Gasteiger charge is 2.29. The van der Waals surface area contributed by atoms with E-state index in [1.807, 2.05) is 0 Å². The molecule has 0 bridgehead atoms. The molecule has 0 aliphatic carbocycles. The number of carboxylic acids is 1. The minimum Gasteiger partial charge on any atom is -0.478 e. The van der Waals surface area contributed by atoms with E-state index in [4.69, 9.17) is 9.84 Å². The van der Waals surface area contributed by atoms with Crippen LogP contribution < -0.4 is 0 Å². The first-order valence-corrected chi connectivity index (χ1v) is 5.95. The summed E-state index contributed by atoms with van der Waals surface area (Å²) < 4.78 is 5.27. The van der Waals surface area contributed by atoms with Gasteiger partial charge in [-0.25, -0.2) is 9.59 Å². The Bertz CT molecular complexity index is 534. The molecule has 102 valence electrons. The maximum atomic E-state index is 11.9. The van der Waals surface area contributed by atoms with Crippen molar-refractivity contribution >= 4 is 12.1 Å². The summed E-state index contributed by atoms with van der Waals surface area (Å²) in [6.07, 6.45) is 0.891. The van der Waals surface area contributed by atoms with E-state index in [2.05, 4.69) is 4.98 Å². The number of amides is 1. The molecule has 6 nitrogen and oxygen atoms in total. The molecular formula is C13H16N2O4. The van der Waals surface area contributed by atoms with Gasteiger partial charge in [-0.1, -0.05) is 0 Å². The van der Waals surface area contributed by atoms with Crippen molar-refractivity contribution in [1.29, 1.82) is 0 Å². The number of carbonyl (C=O) groups excluding carboxylic acids is 1. The number of fused-ring (bicyclic) bond motifs is 1. The van der Waals surface area contributed by atoms with Crippen molar-refractivity contribution in [3.05, 3.63) is 29.1 Å². The van der Waals surface area contributed by atoms with Crippen LogP contribution in [-0.2, 0) is 17.8 Å². The fourth-order valence-corrected chi connectivity index (χ4v) is 1.83. The molecule has 0 spiro atoms. The van der Waals surface area contributed by atoms with E-state index in [-0.39, 0.29) is 5.56 Å². The van der Waals surface area contributed by atoms with Crippen LogP contribution in [0.15, 0.2) is 12.3 Å². The Morgan fingerprint density at radius 2 is 2.05 bits per heavy atom. The number of rotatable bonds is 1. The molecule has 0 atom stereocenters. The van der Waals surface area contributed by atoms with E-state index >= 15 is 0 Å². The van der Waals surface area contributed by atoms with Crippen LogP contribution in [0, 0.1) is 0 Å². The van der Waals surface area contributed by atoms with Crippen LogP contribution in [0.2, 0.25) is 0 Å². The molecule has 1 aliphatic heterocycles. The highest BCUT2D eigenvalue weighted by atomic mass is 16.6. The van der Waals surface area contributed by atoms with Crippen molar-refractivity contribution in [3.8, 4) is 0 Å². The van der Waals surface area contributed by atoms with Crippen molar-refractivity contribution in [1.82, 2.24) is 9.88 Å². The van der Waals surface area contributed by atoms with Crippen molar-refractivity contribution < 1.29 is 19.4 Å². The number of hydrogen-bond acceptors (Lipinski definition) is 4. The van der Waals surface area contributed by atoms with Gasteiger partial charge in [0, 0.05) is 6.20 Å². The van der Waals surface area contributed by atoms with E-state index in [0.29, 0.717) is 13.1 Å². The van der Waals surface area contributed by atoms with E-state index in [0.717, 1.165) is 11.3 Å². The zero-order valence-electron chi connectivity index (χ0n) is 11.1. The predicted molar refractivity (Wildman–Crippen MR) is 66.7 cm³/mol. The smallest absolute Gasteiger partial charge is 0.410 e. The summed E-state index contributed by atoms with van der Waals surface area (Å²) in [6, 6.07) is 1.55. The predicted octanol–water partition coefficient (Wildman–Crippen LogP) is 2.03. The monoisotopic (exact) mass is 264 g/mol. The molecule has 1 aromatic heterocycles. The lowest BCUT2D eigenvalue weighted by molar-refractivity contribution is 0.0240. The maximum Gasteiger partial charge on any atom is 0.410 e. The fraction of sp³-hybridized carbons (Fsp3) is 0.462. The number of pyridine rings is 1. The number of aromatic carboxylic acids is 1. The molecule has 1 aromatic rings. The molecular weight excluding hydrogens is 248 g/mol. The number of carbonyl (C=O) groups is 2. The number of nitrogens with zero attached hydrogens (tertiary/aromatic N) is 2. The molecule has 1 N–H and O–H groups in total. The first kappa shape index (κ1) is 13.3. The highest BCUT2D eigenvalue weighted by molar-refractivity contribution is 5.87. The lowest BCUT2D eigenvalue weighted by Gasteiger charge is -2.23. The van der Waals surface area contributed by atoms with Gasteiger partial charge < -0.3 is 9.84 Å². The third-order valence-corrected chi connectivity index (χ3v) is 2.66. The van der Waals surface area contributed by atoms with Gasteiger partial charge in [-0.3, -0.25) is 9.88 Å². The van der Waals surface area contributed by atoms with Gasteiger partial charge in [-0.2, -0.15) is 0 Å². The maximum absolute atomic E-state index is 11.9. The minimum absolute atomic E-state index is 0.129. The minimum atomic E-state index is -1.02. The molecule has 0 unspecified atom stereocenters. The molecule has 1 aliphatic rings. The van der Waals surface area contributed by atoms with Crippen LogP contribution in [0.5, 0.6) is 0 Å². The van der Waals surface area contributed by atoms with Crippen LogP contribution >= 0.6 is 0 Å². The van der Waals surface area contributed by atoms with Gasteiger partial charge in [0.2, 0.25) is 0 Å². The summed E-state index contributed by atoms with van der Waals surface area (Å²) in [5.41, 5.74) is 1.05. The highest BCUT2D eigenvalue weighted by Crippen LogP contribution is 2.23. The molecule has 0 radical (unpaired) electrons. The average Bonchev–Trinajstić information content (AvgIpc) is 2.68. The van der Waals surface area contributed by atoms with Gasteiger partial charge in [0.1, 0.15) is 5.60 Å². The summed E-state index contributed by atoms with van der Waals surface area (Å²) in [5.74, 6) is -1.02. The van der Waals surface area contributed by atoms with Gasteiger partial charge in [0.05, 0.1) is 24.3 Å². The van der Waals surface area contributed by atoms with Gasteiger partial charge in [0.25, 0.3) is 0 Å². The molecule has 2 rings (SSSR count). The van der Waals surface area contributed by atoms with Gasteiger partial charge in [-0.15, -0.1) is 0 Å². The summed E-state index contributed by atoms with van der Waals surface area (Å²) in [6.45, 7) is 6.08. The second kappa shape index (κ2) is 4.53. The Balaban J connectivity index is 2.12. The number of carboxylic acid groups (broad SMARTS) is 1. The van der Waals surface area contributed by atoms with Crippen molar-refractivity contribution in [2.45, 2.75) is 39.5 Å². The number of hydrogen-bond donors (Lipinski definition) is 1. The summed E-state index contributed by atoms with van der Waals surface area (Å²) >= 11 is 0. The lowest BCUT2D eigenvalue weighted by atomic mass is 10.2. The first-order chi connectivity index (χ1) is 8.76.